The van der Waals surface area contributed by atoms with Crippen LogP contribution in [0.2, 0.25) is 0 Å². The van der Waals surface area contributed by atoms with E-state index in [2.05, 4.69) is 0 Å². The molecule has 6 atom stereocenters. The Morgan fingerprint density at radius 3 is 2.33 bits per heavy atom. The number of fused-ring (bicyclic) bond motifs is 8. The van der Waals surface area contributed by atoms with Crippen LogP contribution < -0.4 is 0 Å². The molecule has 1 saturated heterocycles. The average Bonchev–Trinajstić information content (AvgIpc) is 2.91. The number of hydrogen-bond donors (Lipinski definition) is 0. The summed E-state index contributed by atoms with van der Waals surface area (Å²) in [4.78, 5) is 25.3. The summed E-state index contributed by atoms with van der Waals surface area (Å²) in [5.41, 5.74) is -1.23. The van der Waals surface area contributed by atoms with E-state index in [9.17, 15) is 9.59 Å². The van der Waals surface area contributed by atoms with Crippen LogP contribution in [0, 0.1) is 23.7 Å². The van der Waals surface area contributed by atoms with Crippen molar-refractivity contribution in [2.24, 2.45) is 23.7 Å². The van der Waals surface area contributed by atoms with Crippen molar-refractivity contribution in [2.45, 2.75) is 37.1 Å². The van der Waals surface area contributed by atoms with Crippen LogP contribution in [0.4, 0.5) is 0 Å². The molecule has 0 amide bonds. The van der Waals surface area contributed by atoms with Crippen molar-refractivity contribution in [1.29, 1.82) is 0 Å². The highest BCUT2D eigenvalue weighted by Crippen LogP contribution is 2.81. The fourth-order valence-corrected chi connectivity index (χ4v) is 5.87. The van der Waals surface area contributed by atoms with Crippen molar-refractivity contribution in [3.05, 3.63) is 35.9 Å². The lowest BCUT2D eigenvalue weighted by atomic mass is 9.52. The Kier molecular flexibility index (Phi) is 2.77. The fraction of sp³-hybridized carbons (Fsp3) is 0.579. The number of methoxy groups -OCH3 is 1. The Labute approximate surface area is 140 Å². The highest BCUT2D eigenvalue weighted by molar-refractivity contribution is 6.02. The normalized spacial score (nSPS) is 43.4. The summed E-state index contributed by atoms with van der Waals surface area (Å²) in [6.45, 7) is 0.202. The monoisotopic (exact) mass is 328 g/mol. The van der Waals surface area contributed by atoms with Crippen LogP contribution >= 0.6 is 0 Å². The predicted octanol–water partition coefficient (Wildman–Crippen LogP) is 2.09. The Bertz CT molecular complexity index is 716. The van der Waals surface area contributed by atoms with Gasteiger partial charge >= 0.3 is 11.9 Å². The van der Waals surface area contributed by atoms with Gasteiger partial charge in [0.25, 0.3) is 0 Å². The summed E-state index contributed by atoms with van der Waals surface area (Å²) in [7, 11) is 1.36. The lowest BCUT2D eigenvalue weighted by molar-refractivity contribution is -0.167. The minimum Gasteiger partial charge on any atom is -0.467 e. The Morgan fingerprint density at radius 1 is 1.08 bits per heavy atom. The third kappa shape index (κ3) is 1.45. The van der Waals surface area contributed by atoms with E-state index in [0.29, 0.717) is 11.8 Å². The molecule has 2 bridgehead atoms. The number of carbonyl (C=O) groups is 2. The van der Waals surface area contributed by atoms with E-state index in [1.165, 1.54) is 7.11 Å². The van der Waals surface area contributed by atoms with E-state index in [4.69, 9.17) is 14.2 Å². The largest absolute Gasteiger partial charge is 0.467 e. The molecule has 1 aromatic carbocycles. The smallest absolute Gasteiger partial charge is 0.342 e. The van der Waals surface area contributed by atoms with Crippen molar-refractivity contribution >= 4 is 11.9 Å². The zero-order valence-corrected chi connectivity index (χ0v) is 13.6. The van der Waals surface area contributed by atoms with Gasteiger partial charge in [-0.1, -0.05) is 30.3 Å². The van der Waals surface area contributed by atoms with Crippen LogP contribution in [0.3, 0.4) is 0 Å². The topological polar surface area (TPSA) is 65.1 Å². The number of rotatable bonds is 4. The minimum atomic E-state index is -1.08. The summed E-state index contributed by atoms with van der Waals surface area (Å²) in [6, 6.07) is 9.55. The molecule has 1 aromatic rings. The van der Waals surface area contributed by atoms with Gasteiger partial charge in [0, 0.05) is 11.8 Å². The van der Waals surface area contributed by atoms with Gasteiger partial charge in [-0.3, -0.25) is 0 Å². The molecule has 126 valence electrons. The first-order valence-corrected chi connectivity index (χ1v) is 8.65. The molecule has 5 nitrogen and oxygen atoms in total. The van der Waals surface area contributed by atoms with E-state index in [1.54, 1.807) is 0 Å². The lowest BCUT2D eigenvalue weighted by Crippen LogP contribution is -2.65. The maximum Gasteiger partial charge on any atom is 0.342 e. The van der Waals surface area contributed by atoms with Crippen LogP contribution in [-0.4, -0.2) is 30.3 Å². The van der Waals surface area contributed by atoms with Crippen LogP contribution in [0.15, 0.2) is 30.3 Å². The molecule has 5 rings (SSSR count). The van der Waals surface area contributed by atoms with Gasteiger partial charge in [0.15, 0.2) is 0 Å². The highest BCUT2D eigenvalue weighted by Gasteiger charge is 2.99. The second-order valence-corrected chi connectivity index (χ2v) is 7.51. The number of ether oxygens (including phenoxy) is 3. The highest BCUT2D eigenvalue weighted by atomic mass is 16.7. The fourth-order valence-electron chi connectivity index (χ4n) is 5.87. The molecule has 4 fully saturated rings. The number of carbonyl (C=O) groups excluding carboxylic acids is 2. The molecule has 24 heavy (non-hydrogen) atoms. The van der Waals surface area contributed by atoms with Gasteiger partial charge in [0.05, 0.1) is 7.11 Å². The molecule has 3 aliphatic carbocycles. The van der Waals surface area contributed by atoms with E-state index in [0.717, 1.165) is 24.8 Å². The van der Waals surface area contributed by atoms with Crippen molar-refractivity contribution < 1.29 is 23.8 Å². The van der Waals surface area contributed by atoms with Crippen molar-refractivity contribution in [2.75, 3.05) is 7.11 Å². The maximum atomic E-state index is 12.9. The van der Waals surface area contributed by atoms with E-state index >= 15 is 0 Å². The number of benzene rings is 1. The molecule has 0 radical (unpaired) electrons. The average molecular weight is 328 g/mol. The van der Waals surface area contributed by atoms with Gasteiger partial charge in [0.1, 0.15) is 6.61 Å². The molecular weight excluding hydrogens is 308 g/mol. The third-order valence-corrected chi connectivity index (χ3v) is 6.69. The molecule has 0 unspecified atom stereocenters. The molecule has 1 heterocycles. The van der Waals surface area contributed by atoms with Gasteiger partial charge < -0.3 is 14.2 Å². The van der Waals surface area contributed by atoms with E-state index in [-0.39, 0.29) is 18.4 Å². The number of esters is 2. The van der Waals surface area contributed by atoms with Gasteiger partial charge in [-0.25, -0.2) is 9.59 Å². The molecular formula is C19H20O5. The second-order valence-electron chi connectivity index (χ2n) is 7.51. The van der Waals surface area contributed by atoms with E-state index in [1.807, 2.05) is 30.3 Å². The SMILES string of the molecule is COC(=O)[C@]12O[C@@]1(C(=O)OCc1ccccc1)[C@@H]1[C@H]3CC[C@H](C3)[C@@H]12. The molecule has 4 aliphatic rings. The first-order valence-electron chi connectivity index (χ1n) is 8.65. The zero-order valence-electron chi connectivity index (χ0n) is 13.6. The van der Waals surface area contributed by atoms with Gasteiger partial charge in [0.2, 0.25) is 11.2 Å². The predicted molar refractivity (Wildman–Crippen MR) is 82.6 cm³/mol. The van der Waals surface area contributed by atoms with Gasteiger partial charge in [-0.15, -0.1) is 0 Å². The molecule has 1 aliphatic heterocycles. The van der Waals surface area contributed by atoms with Crippen LogP contribution in [0.5, 0.6) is 0 Å². The molecule has 0 spiro atoms. The Balaban J connectivity index is 1.40. The molecule has 5 heteroatoms. The first kappa shape index (κ1) is 14.5. The van der Waals surface area contributed by atoms with Crippen LogP contribution in [0.1, 0.15) is 24.8 Å². The number of epoxide rings is 1. The van der Waals surface area contributed by atoms with Crippen molar-refractivity contribution in [3.8, 4) is 0 Å². The molecule has 0 N–H and O–H groups in total. The molecule has 3 saturated carbocycles. The summed E-state index contributed by atoms with van der Waals surface area (Å²) in [6.07, 6.45) is 3.36. The quantitative estimate of drug-likeness (QED) is 0.625. The van der Waals surface area contributed by atoms with Crippen LogP contribution in [0.25, 0.3) is 0 Å². The van der Waals surface area contributed by atoms with E-state index < -0.39 is 23.1 Å². The Morgan fingerprint density at radius 2 is 1.71 bits per heavy atom. The molecule has 0 aromatic heterocycles. The van der Waals surface area contributed by atoms with Crippen LogP contribution in [-0.2, 0) is 30.4 Å². The summed E-state index contributed by atoms with van der Waals surface area (Å²) in [5, 5.41) is 0. The third-order valence-electron chi connectivity index (χ3n) is 6.69. The summed E-state index contributed by atoms with van der Waals surface area (Å²) in [5.74, 6) is 0.409. The summed E-state index contributed by atoms with van der Waals surface area (Å²) >= 11 is 0. The summed E-state index contributed by atoms with van der Waals surface area (Å²) < 4.78 is 16.4. The van der Waals surface area contributed by atoms with Crippen molar-refractivity contribution in [1.82, 2.24) is 0 Å². The van der Waals surface area contributed by atoms with Gasteiger partial charge in [-0.2, -0.15) is 0 Å². The van der Waals surface area contributed by atoms with Gasteiger partial charge in [-0.05, 0) is 36.7 Å². The maximum absolute atomic E-state index is 12.9. The Hall–Kier alpha value is -1.88. The lowest BCUT2D eigenvalue weighted by Gasteiger charge is -2.45. The first-order chi connectivity index (χ1) is 11.6. The van der Waals surface area contributed by atoms with Crippen molar-refractivity contribution in [3.63, 3.8) is 0 Å². The minimum absolute atomic E-state index is 0.124. The zero-order chi connectivity index (χ0) is 16.5. The standard InChI is InChI=1S/C19H20O5/c1-22-16(20)18-14-12-7-8-13(9-12)15(14)19(18,24-18)17(21)23-10-11-5-3-2-4-6-11/h2-6,12-15H,7-10H2,1H3/t12-,13+,14+,15-,18+,19-/m1/s1. The second kappa shape index (κ2) is 4.60. The number of hydrogen-bond acceptors (Lipinski definition) is 5.